The Balaban J connectivity index is 1.14. The number of benzene rings is 5. The summed E-state index contributed by atoms with van der Waals surface area (Å²) in [5.74, 6) is 0. The van der Waals surface area contributed by atoms with Gasteiger partial charge < -0.3 is 0 Å². The van der Waals surface area contributed by atoms with Crippen LogP contribution in [0.4, 0.5) is 0 Å². The van der Waals surface area contributed by atoms with E-state index in [0.717, 1.165) is 11.4 Å². The third kappa shape index (κ3) is 3.85. The standard InChI is InChI=1S/C39H33BClNSeSi/c1-3-44(2)37-14-8-13-35-39(37)40(32-22-18-27(41)24-38(32)44)31-21-17-26(23-36(31)43-35)25-15-19-28(20-16-25)42-33-11-6-4-9-29(33)30-10-5-7-12-34(30)42/h4,6,8-9,11,13-24H,3,5,7,10,12H2,1-2H3. The van der Waals surface area contributed by atoms with Gasteiger partial charge in [0.1, 0.15) is 0 Å². The molecule has 5 heteroatoms. The summed E-state index contributed by atoms with van der Waals surface area (Å²) in [5, 5.41) is 5.45. The number of hydrogen-bond acceptors (Lipinski definition) is 0. The van der Waals surface area contributed by atoms with Gasteiger partial charge in [-0.05, 0) is 0 Å². The van der Waals surface area contributed by atoms with Crippen molar-refractivity contribution in [1.29, 1.82) is 0 Å². The number of aromatic nitrogens is 1. The van der Waals surface area contributed by atoms with Crippen molar-refractivity contribution in [1.82, 2.24) is 4.57 Å². The molecule has 1 nitrogen and oxygen atoms in total. The summed E-state index contributed by atoms with van der Waals surface area (Å²) >= 11 is 6.92. The summed E-state index contributed by atoms with van der Waals surface area (Å²) in [4.78, 5) is 0. The SMILES string of the molecule is CC[Si]1(C)c2cc(Cl)ccc2B2c3ccc(-c4ccc(-n5c6c(c7ccccc75)CCCC6)cc4)cc3[Se]c3cccc1c32. The minimum atomic E-state index is -1.86. The van der Waals surface area contributed by atoms with Crippen LogP contribution >= 0.6 is 11.6 Å². The van der Waals surface area contributed by atoms with Crippen molar-refractivity contribution in [3.8, 4) is 16.8 Å². The molecule has 1 atom stereocenters. The van der Waals surface area contributed by atoms with Crippen molar-refractivity contribution in [3.63, 3.8) is 0 Å². The molecule has 1 aliphatic carbocycles. The Hall–Kier alpha value is -3.27. The number of para-hydroxylation sites is 1. The van der Waals surface area contributed by atoms with Gasteiger partial charge in [0.15, 0.2) is 0 Å². The second-order valence-electron chi connectivity index (χ2n) is 13.0. The fourth-order valence-corrected chi connectivity index (χ4v) is 15.2. The Labute approximate surface area is 272 Å². The predicted molar refractivity (Wildman–Crippen MR) is 194 cm³/mol. The first-order valence-electron chi connectivity index (χ1n) is 16.0. The molecule has 0 amide bonds. The monoisotopic (exact) mass is 669 g/mol. The van der Waals surface area contributed by atoms with Gasteiger partial charge in [-0.2, -0.15) is 0 Å². The zero-order valence-corrected chi connectivity index (χ0v) is 28.6. The number of nitrogens with zero attached hydrogens (tertiary/aromatic N) is 1. The van der Waals surface area contributed by atoms with Gasteiger partial charge in [-0.15, -0.1) is 0 Å². The van der Waals surface area contributed by atoms with Crippen LogP contribution in [0.5, 0.6) is 0 Å². The van der Waals surface area contributed by atoms with Crippen molar-refractivity contribution in [3.05, 3.63) is 119 Å². The molecule has 2 aliphatic heterocycles. The third-order valence-electron chi connectivity index (χ3n) is 10.8. The molecule has 9 rings (SSSR count). The number of halogens is 1. The first kappa shape index (κ1) is 27.1. The number of hydrogen-bond donors (Lipinski definition) is 0. The second-order valence-corrected chi connectivity index (χ2v) is 20.1. The van der Waals surface area contributed by atoms with E-state index in [-0.39, 0.29) is 15.0 Å². The third-order valence-corrected chi connectivity index (χ3v) is 18.1. The van der Waals surface area contributed by atoms with Crippen LogP contribution in [0.2, 0.25) is 17.6 Å². The van der Waals surface area contributed by atoms with Crippen LogP contribution in [0, 0.1) is 0 Å². The van der Waals surface area contributed by atoms with Crippen molar-refractivity contribution in [2.45, 2.75) is 45.2 Å². The molecule has 1 unspecified atom stereocenters. The van der Waals surface area contributed by atoms with E-state index in [4.69, 9.17) is 11.6 Å². The molecule has 44 heavy (non-hydrogen) atoms. The Bertz CT molecular complexity index is 2130. The van der Waals surface area contributed by atoms with Crippen LogP contribution in [0.15, 0.2) is 103 Å². The molecule has 0 fully saturated rings. The zero-order valence-electron chi connectivity index (χ0n) is 25.2. The Kier molecular flexibility index (Phi) is 6.23. The van der Waals surface area contributed by atoms with Gasteiger partial charge in [-0.25, -0.2) is 0 Å². The van der Waals surface area contributed by atoms with Crippen LogP contribution in [0.25, 0.3) is 27.7 Å². The van der Waals surface area contributed by atoms with E-state index in [9.17, 15) is 0 Å². The minimum absolute atomic E-state index is 0.281. The normalized spacial score (nSPS) is 18.0. The average molecular weight is 669 g/mol. The van der Waals surface area contributed by atoms with Crippen molar-refractivity contribution in [2.24, 2.45) is 0 Å². The van der Waals surface area contributed by atoms with Gasteiger partial charge in [-0.1, -0.05) is 0 Å². The summed E-state index contributed by atoms with van der Waals surface area (Å²) in [6.45, 7) is 5.23. The molecule has 0 bridgehead atoms. The molecular weight excluding hydrogens is 636 g/mol. The molecule has 5 aromatic carbocycles. The van der Waals surface area contributed by atoms with Crippen molar-refractivity contribution in [2.75, 3.05) is 0 Å². The molecule has 0 saturated carbocycles. The predicted octanol–water partition coefficient (Wildman–Crippen LogP) is 4.84. The van der Waals surface area contributed by atoms with Gasteiger partial charge >= 0.3 is 274 Å². The van der Waals surface area contributed by atoms with E-state index in [2.05, 4.69) is 121 Å². The van der Waals surface area contributed by atoms with Crippen LogP contribution < -0.4 is 35.7 Å². The van der Waals surface area contributed by atoms with Gasteiger partial charge in [0.2, 0.25) is 0 Å². The van der Waals surface area contributed by atoms with Crippen molar-refractivity contribution < 1.29 is 0 Å². The van der Waals surface area contributed by atoms with Gasteiger partial charge in [0, 0.05) is 0 Å². The van der Waals surface area contributed by atoms with Gasteiger partial charge in [0.05, 0.1) is 0 Å². The number of rotatable bonds is 3. The van der Waals surface area contributed by atoms with Crippen LogP contribution in [-0.4, -0.2) is 34.3 Å². The summed E-state index contributed by atoms with van der Waals surface area (Å²) in [5.41, 5.74) is 12.9. The quantitative estimate of drug-likeness (QED) is 0.238. The van der Waals surface area contributed by atoms with Gasteiger partial charge in [-0.3, -0.25) is 0 Å². The molecular formula is C39H33BClNSeSi. The molecule has 3 aliphatic rings. The summed E-state index contributed by atoms with van der Waals surface area (Å²) in [7, 11) is -1.86. The molecule has 1 aromatic heterocycles. The topological polar surface area (TPSA) is 4.93 Å². The maximum atomic E-state index is 6.64. The van der Waals surface area contributed by atoms with E-state index < -0.39 is 8.07 Å². The number of aryl methyl sites for hydroxylation is 1. The molecule has 0 N–H and O–H groups in total. The van der Waals surface area contributed by atoms with Crippen molar-refractivity contribution >= 4 is 87.9 Å². The first-order valence-corrected chi connectivity index (χ1v) is 20.8. The maximum absolute atomic E-state index is 6.64. The Morgan fingerprint density at radius 1 is 0.773 bits per heavy atom. The van der Waals surface area contributed by atoms with Crippen LogP contribution in [0.3, 0.4) is 0 Å². The fourth-order valence-electron chi connectivity index (χ4n) is 8.43. The summed E-state index contributed by atoms with van der Waals surface area (Å²) < 4.78 is 5.61. The Morgan fingerprint density at radius 3 is 2.43 bits per heavy atom. The average Bonchev–Trinajstić information content (AvgIpc) is 3.41. The molecule has 0 saturated heterocycles. The summed E-state index contributed by atoms with van der Waals surface area (Å²) in [6.07, 6.45) is 4.94. The molecule has 0 radical (unpaired) electrons. The van der Waals surface area contributed by atoms with E-state index in [1.54, 1.807) is 20.7 Å². The van der Waals surface area contributed by atoms with Gasteiger partial charge in [0.25, 0.3) is 0 Å². The second kappa shape index (κ2) is 10.1. The first-order chi connectivity index (χ1) is 21.5. The number of fused-ring (bicyclic) bond motifs is 7. The fraction of sp³-hybridized carbons (Fsp3) is 0.179. The van der Waals surface area contributed by atoms with Crippen LogP contribution in [0.1, 0.15) is 31.0 Å². The van der Waals surface area contributed by atoms with Crippen LogP contribution in [-0.2, 0) is 12.8 Å². The summed E-state index contributed by atoms with van der Waals surface area (Å²) in [6, 6.07) is 40.7. The molecule has 3 heterocycles. The molecule has 214 valence electrons. The van der Waals surface area contributed by atoms with E-state index in [1.807, 2.05) is 0 Å². The van der Waals surface area contributed by atoms with E-state index >= 15 is 0 Å². The molecule has 6 aromatic rings. The van der Waals surface area contributed by atoms with E-state index in [1.165, 1.54) is 79.3 Å². The zero-order chi connectivity index (χ0) is 29.6. The van der Waals surface area contributed by atoms with E-state index in [0.29, 0.717) is 6.71 Å². The molecule has 0 spiro atoms. The Morgan fingerprint density at radius 2 is 1.57 bits per heavy atom.